The molecule has 6 nitrogen and oxygen atoms in total. The fraction of sp³-hybridized carbons (Fsp3) is 0.778. The minimum absolute atomic E-state index is 0.0755. The topological polar surface area (TPSA) is 70.1 Å². The maximum atomic E-state index is 11.0. The summed E-state index contributed by atoms with van der Waals surface area (Å²) in [5, 5.41) is 8.59. The van der Waals surface area contributed by atoms with Crippen molar-refractivity contribution in [3.63, 3.8) is 0 Å². The number of carbonyl (C=O) groups is 2. The van der Waals surface area contributed by atoms with Gasteiger partial charge in [0.1, 0.15) is 0 Å². The number of methoxy groups -OCH3 is 1. The van der Waals surface area contributed by atoms with Gasteiger partial charge in [0.2, 0.25) is 0 Å². The van der Waals surface area contributed by atoms with Crippen molar-refractivity contribution in [2.75, 3.05) is 46.4 Å². The second-order valence-electron chi connectivity index (χ2n) is 3.52. The van der Waals surface area contributed by atoms with Crippen molar-refractivity contribution >= 4 is 11.9 Å². The molecule has 0 unspecified atom stereocenters. The number of hydrogen-bond donors (Lipinski definition) is 1. The Morgan fingerprint density at radius 1 is 1.13 bits per heavy atom. The first kappa shape index (κ1) is 11.9. The van der Waals surface area contributed by atoms with E-state index in [9.17, 15) is 9.59 Å². The zero-order chi connectivity index (χ0) is 11.3. The normalized spacial score (nSPS) is 18.7. The lowest BCUT2D eigenvalue weighted by Gasteiger charge is -2.32. The van der Waals surface area contributed by atoms with Crippen LogP contribution in [0.15, 0.2) is 0 Å². The number of carboxylic acid groups (broad SMARTS) is 1. The van der Waals surface area contributed by atoms with E-state index in [2.05, 4.69) is 4.74 Å². The molecule has 1 rings (SSSR count). The Labute approximate surface area is 88.4 Å². The second kappa shape index (κ2) is 5.67. The van der Waals surface area contributed by atoms with Crippen LogP contribution in [0.25, 0.3) is 0 Å². The molecule has 0 aliphatic carbocycles. The molecule has 0 amide bonds. The number of esters is 1. The maximum Gasteiger partial charge on any atom is 0.319 e. The fourth-order valence-corrected chi connectivity index (χ4v) is 1.54. The molecule has 1 aliphatic heterocycles. The van der Waals surface area contributed by atoms with E-state index in [1.165, 1.54) is 7.11 Å². The van der Waals surface area contributed by atoms with Crippen molar-refractivity contribution in [1.82, 2.24) is 9.80 Å². The van der Waals surface area contributed by atoms with Crippen molar-refractivity contribution in [3.05, 3.63) is 0 Å². The van der Waals surface area contributed by atoms with Crippen LogP contribution in [-0.2, 0) is 14.3 Å². The minimum atomic E-state index is -0.809. The Hall–Kier alpha value is -1.14. The van der Waals surface area contributed by atoms with Crippen molar-refractivity contribution in [1.29, 1.82) is 0 Å². The van der Waals surface area contributed by atoms with Gasteiger partial charge in [-0.05, 0) is 0 Å². The Bertz CT molecular complexity index is 236. The van der Waals surface area contributed by atoms with Crippen LogP contribution < -0.4 is 0 Å². The van der Waals surface area contributed by atoms with Gasteiger partial charge in [-0.15, -0.1) is 0 Å². The molecule has 0 radical (unpaired) electrons. The number of carboxylic acids is 1. The number of nitrogens with zero attached hydrogens (tertiary/aromatic N) is 2. The monoisotopic (exact) mass is 216 g/mol. The average Bonchev–Trinajstić information content (AvgIpc) is 2.20. The van der Waals surface area contributed by atoms with Gasteiger partial charge in [-0.25, -0.2) is 0 Å². The molecule has 1 aliphatic rings. The van der Waals surface area contributed by atoms with Crippen LogP contribution in [0, 0.1) is 0 Å². The molecule has 6 heteroatoms. The van der Waals surface area contributed by atoms with Gasteiger partial charge in [-0.2, -0.15) is 0 Å². The molecule has 1 fully saturated rings. The summed E-state index contributed by atoms with van der Waals surface area (Å²) in [5.41, 5.74) is 0. The van der Waals surface area contributed by atoms with Crippen LogP contribution in [0.4, 0.5) is 0 Å². The zero-order valence-corrected chi connectivity index (χ0v) is 8.81. The van der Waals surface area contributed by atoms with Crippen LogP contribution in [0.5, 0.6) is 0 Å². The lowest BCUT2D eigenvalue weighted by molar-refractivity contribution is -0.143. The molecule has 0 aromatic carbocycles. The van der Waals surface area contributed by atoms with Crippen LogP contribution in [-0.4, -0.2) is 73.2 Å². The van der Waals surface area contributed by atoms with Crippen LogP contribution in [0.2, 0.25) is 0 Å². The number of carbonyl (C=O) groups excluding carboxylic acids is 1. The number of ether oxygens (including phenoxy) is 1. The molecule has 1 N–H and O–H groups in total. The molecule has 0 atom stereocenters. The van der Waals surface area contributed by atoms with E-state index in [-0.39, 0.29) is 19.1 Å². The van der Waals surface area contributed by atoms with Crippen LogP contribution >= 0.6 is 0 Å². The summed E-state index contributed by atoms with van der Waals surface area (Å²) in [6, 6.07) is 0. The van der Waals surface area contributed by atoms with Gasteiger partial charge in [0.25, 0.3) is 0 Å². The predicted octanol–water partition coefficient (Wildman–Crippen LogP) is -1.14. The average molecular weight is 216 g/mol. The first-order valence-corrected chi connectivity index (χ1v) is 4.85. The first-order chi connectivity index (χ1) is 7.11. The van der Waals surface area contributed by atoms with E-state index in [0.717, 1.165) is 0 Å². The van der Waals surface area contributed by atoms with E-state index in [1.807, 2.05) is 9.80 Å². The highest BCUT2D eigenvalue weighted by atomic mass is 16.5. The third-order valence-corrected chi connectivity index (χ3v) is 2.40. The van der Waals surface area contributed by atoms with Gasteiger partial charge in [0.15, 0.2) is 0 Å². The van der Waals surface area contributed by atoms with Crippen molar-refractivity contribution in [2.24, 2.45) is 0 Å². The molecule has 0 aromatic rings. The van der Waals surface area contributed by atoms with Gasteiger partial charge in [-0.3, -0.25) is 19.4 Å². The Morgan fingerprint density at radius 2 is 1.60 bits per heavy atom. The SMILES string of the molecule is COC(=O)CN1CCN(CC(=O)O)CC1. The summed E-state index contributed by atoms with van der Waals surface area (Å²) in [4.78, 5) is 25.2. The summed E-state index contributed by atoms with van der Waals surface area (Å²) >= 11 is 0. The van der Waals surface area contributed by atoms with E-state index in [4.69, 9.17) is 5.11 Å². The fourth-order valence-electron chi connectivity index (χ4n) is 1.54. The highest BCUT2D eigenvalue weighted by molar-refractivity contribution is 5.71. The second-order valence-corrected chi connectivity index (χ2v) is 3.52. The largest absolute Gasteiger partial charge is 0.480 e. The molecular formula is C9H16N2O4. The lowest BCUT2D eigenvalue weighted by atomic mass is 10.3. The van der Waals surface area contributed by atoms with Gasteiger partial charge in [-0.1, -0.05) is 0 Å². The van der Waals surface area contributed by atoms with E-state index < -0.39 is 5.97 Å². The van der Waals surface area contributed by atoms with Crippen molar-refractivity contribution in [3.8, 4) is 0 Å². The zero-order valence-electron chi connectivity index (χ0n) is 8.81. The van der Waals surface area contributed by atoms with Gasteiger partial charge < -0.3 is 9.84 Å². The quantitative estimate of drug-likeness (QED) is 0.599. The number of piperazine rings is 1. The third kappa shape index (κ3) is 4.26. The molecule has 86 valence electrons. The Balaban J connectivity index is 2.23. The number of rotatable bonds is 4. The molecule has 1 saturated heterocycles. The Kier molecular flexibility index (Phi) is 4.51. The van der Waals surface area contributed by atoms with Gasteiger partial charge in [0.05, 0.1) is 20.2 Å². The molecular weight excluding hydrogens is 200 g/mol. The highest BCUT2D eigenvalue weighted by Gasteiger charge is 2.20. The molecule has 1 heterocycles. The number of aliphatic carboxylic acids is 1. The van der Waals surface area contributed by atoms with Gasteiger partial charge in [0, 0.05) is 26.2 Å². The van der Waals surface area contributed by atoms with Crippen molar-refractivity contribution < 1.29 is 19.4 Å². The minimum Gasteiger partial charge on any atom is -0.480 e. The molecule has 0 saturated carbocycles. The number of hydrogen-bond acceptors (Lipinski definition) is 5. The summed E-state index contributed by atoms with van der Waals surface area (Å²) in [6.45, 7) is 3.15. The van der Waals surface area contributed by atoms with E-state index in [1.54, 1.807) is 0 Å². The molecule has 0 bridgehead atoms. The lowest BCUT2D eigenvalue weighted by Crippen LogP contribution is -2.49. The summed E-state index contributed by atoms with van der Waals surface area (Å²) in [7, 11) is 1.36. The third-order valence-electron chi connectivity index (χ3n) is 2.40. The maximum absolute atomic E-state index is 11.0. The molecule has 0 aromatic heterocycles. The highest BCUT2D eigenvalue weighted by Crippen LogP contribution is 2.01. The summed E-state index contributed by atoms with van der Waals surface area (Å²) in [6.07, 6.45) is 0. The van der Waals surface area contributed by atoms with Gasteiger partial charge >= 0.3 is 11.9 Å². The molecule has 0 spiro atoms. The summed E-state index contributed by atoms with van der Waals surface area (Å²) in [5.74, 6) is -1.06. The summed E-state index contributed by atoms with van der Waals surface area (Å²) < 4.78 is 4.56. The molecule has 15 heavy (non-hydrogen) atoms. The van der Waals surface area contributed by atoms with Crippen LogP contribution in [0.1, 0.15) is 0 Å². The predicted molar refractivity (Wildman–Crippen MR) is 52.5 cm³/mol. The Morgan fingerprint density at radius 3 is 2.00 bits per heavy atom. The smallest absolute Gasteiger partial charge is 0.319 e. The first-order valence-electron chi connectivity index (χ1n) is 4.85. The standard InChI is InChI=1S/C9H16N2O4/c1-15-9(14)7-11-4-2-10(3-5-11)6-8(12)13/h2-7H2,1H3,(H,12,13). The van der Waals surface area contributed by atoms with Crippen molar-refractivity contribution in [2.45, 2.75) is 0 Å². The van der Waals surface area contributed by atoms with Crippen LogP contribution in [0.3, 0.4) is 0 Å². The van der Waals surface area contributed by atoms with E-state index >= 15 is 0 Å². The van der Waals surface area contributed by atoms with E-state index in [0.29, 0.717) is 26.2 Å².